The minimum atomic E-state index is -0.321. The van der Waals surface area contributed by atoms with E-state index in [-0.39, 0.29) is 25.5 Å². The number of Topliss-reactive ketones (excluding diaryl/α,β-unsaturated/α-hetero) is 1. The molecule has 0 saturated heterocycles. The summed E-state index contributed by atoms with van der Waals surface area (Å²) >= 11 is 0. The Balaban J connectivity index is 1.15. The highest BCUT2D eigenvalue weighted by Gasteiger charge is 2.39. The first-order chi connectivity index (χ1) is 25.5. The fourth-order valence-corrected chi connectivity index (χ4v) is 8.05. The number of aryl methyl sites for hydroxylation is 2. The minimum Gasteiger partial charge on any atom is -0.506 e. The van der Waals surface area contributed by atoms with Gasteiger partial charge >= 0.3 is 14.0 Å². The molecule has 6 nitrogen and oxygen atoms in total. The quantitative estimate of drug-likeness (QED) is 0.123. The monoisotopic (exact) mass is 678 g/mol. The Morgan fingerprint density at radius 1 is 0.635 bits per heavy atom. The number of carbonyl (C=O) groups is 1. The van der Waals surface area contributed by atoms with Crippen LogP contribution in [0.15, 0.2) is 120 Å². The first-order valence-electron chi connectivity index (χ1n) is 18.7. The van der Waals surface area contributed by atoms with E-state index in [0.717, 1.165) is 80.6 Å². The number of benzene rings is 6. The average molecular weight is 678 g/mol. The summed E-state index contributed by atoms with van der Waals surface area (Å²) in [5.41, 5.74) is 8.96. The van der Waals surface area contributed by atoms with Gasteiger partial charge in [-0.15, -0.1) is 0 Å². The Bertz CT molecular complexity index is 2560. The van der Waals surface area contributed by atoms with Gasteiger partial charge in [0.15, 0.2) is 0 Å². The molecule has 6 aromatic carbocycles. The third-order valence-corrected chi connectivity index (χ3v) is 10.9. The van der Waals surface area contributed by atoms with E-state index in [1.807, 2.05) is 36.4 Å². The van der Waals surface area contributed by atoms with Gasteiger partial charge in [0, 0.05) is 38.6 Å². The van der Waals surface area contributed by atoms with Crippen LogP contribution in [0.4, 0.5) is 17.1 Å². The molecule has 254 valence electrons. The lowest BCUT2D eigenvalue weighted by molar-refractivity contribution is -0.109. The second-order valence-corrected chi connectivity index (χ2v) is 14.3. The summed E-state index contributed by atoms with van der Waals surface area (Å²) in [6.07, 6.45) is 6.80. The molecule has 2 heterocycles. The van der Waals surface area contributed by atoms with Crippen molar-refractivity contribution >= 4 is 80.4 Å². The van der Waals surface area contributed by atoms with Gasteiger partial charge in [-0.3, -0.25) is 4.79 Å². The molecule has 4 N–H and O–H groups in total. The van der Waals surface area contributed by atoms with Crippen molar-refractivity contribution in [2.45, 2.75) is 52.4 Å². The maximum atomic E-state index is 14.4. The minimum absolute atomic E-state index is 0.00822. The molecule has 2 aliphatic heterocycles. The van der Waals surface area contributed by atoms with E-state index < -0.39 is 0 Å². The zero-order valence-electron chi connectivity index (χ0n) is 29.6. The van der Waals surface area contributed by atoms with E-state index in [2.05, 4.69) is 102 Å². The van der Waals surface area contributed by atoms with Crippen LogP contribution in [-0.2, 0) is 17.6 Å². The van der Waals surface area contributed by atoms with Gasteiger partial charge in [-0.05, 0) is 70.6 Å². The number of nitrogens with one attached hydrogen (secondary N) is 3. The molecule has 0 fully saturated rings. The highest BCUT2D eigenvalue weighted by atomic mass is 16.3. The van der Waals surface area contributed by atoms with Crippen molar-refractivity contribution in [2.75, 3.05) is 15.7 Å². The Kier molecular flexibility index (Phi) is 8.10. The second-order valence-electron chi connectivity index (χ2n) is 14.3. The first-order valence-corrected chi connectivity index (χ1v) is 18.7. The summed E-state index contributed by atoms with van der Waals surface area (Å²) < 4.78 is 0. The number of aliphatic hydroxyl groups excluding tert-OH is 1. The zero-order valence-corrected chi connectivity index (χ0v) is 29.6. The van der Waals surface area contributed by atoms with Crippen LogP contribution in [0.3, 0.4) is 0 Å². The lowest BCUT2D eigenvalue weighted by Crippen LogP contribution is -2.48. The van der Waals surface area contributed by atoms with Crippen LogP contribution in [0.1, 0.15) is 56.2 Å². The van der Waals surface area contributed by atoms with Crippen LogP contribution in [0.25, 0.3) is 32.7 Å². The third kappa shape index (κ3) is 5.36. The van der Waals surface area contributed by atoms with Crippen molar-refractivity contribution in [1.29, 1.82) is 0 Å². The molecule has 52 heavy (non-hydrogen) atoms. The lowest BCUT2D eigenvalue weighted by Gasteiger charge is -2.31. The summed E-state index contributed by atoms with van der Waals surface area (Å²) in [4.78, 5) is 19.6. The molecule has 0 unspecified atom stereocenters. The van der Waals surface area contributed by atoms with Crippen molar-refractivity contribution in [3.05, 3.63) is 142 Å². The van der Waals surface area contributed by atoms with Gasteiger partial charge in [-0.1, -0.05) is 124 Å². The molecule has 3 aliphatic rings. The van der Waals surface area contributed by atoms with Crippen molar-refractivity contribution < 1.29 is 9.90 Å². The number of allylic oxidation sites excluding steroid dienone is 2. The molecular formula is C44H40B2N4O2. The van der Waals surface area contributed by atoms with Crippen LogP contribution < -0.4 is 37.2 Å². The fraction of sp³-hybridized carbons (Fsp3) is 0.182. The summed E-state index contributed by atoms with van der Waals surface area (Å²) in [7, 11) is 0. The molecule has 0 atom stereocenters. The summed E-state index contributed by atoms with van der Waals surface area (Å²) in [6, 6.07) is 37.7. The summed E-state index contributed by atoms with van der Waals surface area (Å²) in [5, 5.41) is 28.3. The largest absolute Gasteiger partial charge is 0.506 e. The van der Waals surface area contributed by atoms with E-state index in [9.17, 15) is 9.90 Å². The van der Waals surface area contributed by atoms with E-state index in [1.54, 1.807) is 0 Å². The predicted octanol–water partition coefficient (Wildman–Crippen LogP) is 7.05. The number of anilines is 3. The molecule has 0 spiro atoms. The van der Waals surface area contributed by atoms with Gasteiger partial charge in [0.2, 0.25) is 5.78 Å². The molecular weight excluding hydrogens is 638 g/mol. The normalized spacial score (nSPS) is 15.6. The van der Waals surface area contributed by atoms with Gasteiger partial charge in [-0.25, -0.2) is 0 Å². The van der Waals surface area contributed by atoms with Crippen molar-refractivity contribution in [2.24, 2.45) is 4.90 Å². The van der Waals surface area contributed by atoms with Gasteiger partial charge in [0.1, 0.15) is 5.76 Å². The van der Waals surface area contributed by atoms with Crippen LogP contribution in [0.2, 0.25) is 0 Å². The topological polar surface area (TPSA) is 85.8 Å². The number of hydrogen-bond acceptors (Lipinski definition) is 6. The van der Waals surface area contributed by atoms with Crippen molar-refractivity contribution in [3.63, 3.8) is 0 Å². The Hall–Kier alpha value is -5.75. The Morgan fingerprint density at radius 3 is 1.90 bits per heavy atom. The molecule has 0 radical (unpaired) electrons. The number of carbonyl (C=O) groups excluding carboxylic acids is 1. The van der Waals surface area contributed by atoms with Crippen LogP contribution in [-0.4, -0.2) is 24.9 Å². The zero-order chi connectivity index (χ0) is 35.3. The number of unbranched alkanes of at least 4 members (excludes halogenated alkanes) is 2. The van der Waals surface area contributed by atoms with Gasteiger partial charge in [0.05, 0.1) is 16.5 Å². The molecule has 0 aromatic heterocycles. The van der Waals surface area contributed by atoms with Crippen LogP contribution in [0, 0.1) is 0 Å². The maximum Gasteiger partial charge on any atom is 0.427 e. The number of rotatable bonds is 9. The second kappa shape index (κ2) is 13.1. The third-order valence-electron chi connectivity index (χ3n) is 10.9. The van der Waals surface area contributed by atoms with E-state index in [4.69, 9.17) is 4.90 Å². The van der Waals surface area contributed by atoms with Gasteiger partial charge < -0.3 is 25.7 Å². The number of hydrogen-bond donors (Lipinski definition) is 4. The first kappa shape index (κ1) is 32.2. The smallest absolute Gasteiger partial charge is 0.427 e. The summed E-state index contributed by atoms with van der Waals surface area (Å²) in [6.45, 7) is 3.90. The lowest BCUT2D eigenvalue weighted by atomic mass is 9.65. The standard InChI is InChI=1S/C44H40B2N4O2/c1-3-5-9-27-15-21-31(22-16-27)45-47-35-13-7-11-29-19-25-33(41(49-45)37(29)35)39-43(51)40(44(39)52)34-26-20-30-12-8-14-36-38(30)42(34)50-46(48-36)32-23-17-28(18-24-32)10-6-4-2/h7-8,11-26,47-49,51H,3-6,9-10H2,1-2H3/b40-34-. The number of aliphatic hydroxyl groups is 1. The Labute approximate surface area is 304 Å². The highest BCUT2D eigenvalue weighted by molar-refractivity contribution is 6.80. The summed E-state index contributed by atoms with van der Waals surface area (Å²) in [5.74, 6) is -0.171. The van der Waals surface area contributed by atoms with E-state index in [1.165, 1.54) is 24.0 Å². The van der Waals surface area contributed by atoms with Crippen molar-refractivity contribution in [3.8, 4) is 0 Å². The molecule has 9 rings (SSSR count). The average Bonchev–Trinajstić information content (AvgIpc) is 3.18. The maximum absolute atomic E-state index is 14.4. The fourth-order valence-electron chi connectivity index (χ4n) is 8.05. The molecule has 8 heteroatoms. The molecule has 1 aliphatic carbocycles. The molecule has 0 amide bonds. The molecule has 6 aromatic rings. The Morgan fingerprint density at radius 2 is 1.25 bits per heavy atom. The van der Waals surface area contributed by atoms with E-state index in [0.29, 0.717) is 21.9 Å². The number of nitrogens with zero attached hydrogens (tertiary/aromatic N) is 1. The predicted molar refractivity (Wildman–Crippen MR) is 218 cm³/mol. The molecule has 0 saturated carbocycles. The SMILES string of the molecule is CCCCc1ccc(B2N=c3/c(=C4\C(=O)C(c5ccc6cccc7c6c5NB(c5ccc(CCCC)cc5)N7)=C4O)ccc4cccc(c34)N2)cc1. The van der Waals surface area contributed by atoms with Crippen molar-refractivity contribution in [1.82, 2.24) is 0 Å². The van der Waals surface area contributed by atoms with Gasteiger partial charge in [-0.2, -0.15) is 0 Å². The van der Waals surface area contributed by atoms with Crippen LogP contribution in [0.5, 0.6) is 0 Å². The van der Waals surface area contributed by atoms with Gasteiger partial charge in [0.25, 0.3) is 0 Å². The number of ketones is 1. The van der Waals surface area contributed by atoms with Crippen LogP contribution >= 0.6 is 0 Å². The molecule has 0 bridgehead atoms. The highest BCUT2D eigenvalue weighted by Crippen LogP contribution is 2.45. The van der Waals surface area contributed by atoms with E-state index >= 15 is 0 Å².